The molecule has 1 amide bonds. The first-order chi connectivity index (χ1) is 8.97. The van der Waals surface area contributed by atoms with Crippen molar-refractivity contribution in [1.82, 2.24) is 4.57 Å². The maximum Gasteiger partial charge on any atom is 0.259 e. The number of carbonyl (C=O) groups is 1. The number of amides is 1. The van der Waals surface area contributed by atoms with Gasteiger partial charge in [0.15, 0.2) is 0 Å². The molecule has 0 saturated heterocycles. The number of hydrogen-bond acceptors (Lipinski definition) is 4. The van der Waals surface area contributed by atoms with E-state index < -0.39 is 11.9 Å². The van der Waals surface area contributed by atoms with Gasteiger partial charge in [0.1, 0.15) is 11.8 Å². The number of carbonyl (C=O) groups excluding carboxylic acids is 1. The SMILES string of the molecule is COc1ccc2c(=O)n([C@H](C)C(N)=O)ccc2c1N. The molecule has 2 rings (SSSR count). The average molecular weight is 261 g/mol. The normalized spacial score (nSPS) is 12.3. The van der Waals surface area contributed by atoms with Crippen LogP contribution in [0.3, 0.4) is 0 Å². The van der Waals surface area contributed by atoms with Crippen LogP contribution >= 0.6 is 0 Å². The number of aromatic nitrogens is 1. The predicted molar refractivity (Wildman–Crippen MR) is 73.1 cm³/mol. The van der Waals surface area contributed by atoms with E-state index in [9.17, 15) is 9.59 Å². The molecule has 0 aliphatic carbocycles. The Morgan fingerprint density at radius 2 is 2.00 bits per heavy atom. The van der Waals surface area contributed by atoms with E-state index in [1.54, 1.807) is 25.1 Å². The summed E-state index contributed by atoms with van der Waals surface area (Å²) in [4.78, 5) is 23.5. The molecule has 0 spiro atoms. The zero-order chi connectivity index (χ0) is 14.2. The van der Waals surface area contributed by atoms with Crippen LogP contribution in [0.2, 0.25) is 0 Å². The molecular weight excluding hydrogens is 246 g/mol. The fraction of sp³-hybridized carbons (Fsp3) is 0.231. The van der Waals surface area contributed by atoms with Gasteiger partial charge in [-0.2, -0.15) is 0 Å². The van der Waals surface area contributed by atoms with E-state index >= 15 is 0 Å². The fourth-order valence-electron chi connectivity index (χ4n) is 1.96. The van der Waals surface area contributed by atoms with Crippen molar-refractivity contribution in [3.05, 3.63) is 34.7 Å². The van der Waals surface area contributed by atoms with E-state index in [0.717, 1.165) is 0 Å². The van der Waals surface area contributed by atoms with Crippen LogP contribution < -0.4 is 21.8 Å². The lowest BCUT2D eigenvalue weighted by Gasteiger charge is -2.13. The highest BCUT2D eigenvalue weighted by atomic mass is 16.5. The van der Waals surface area contributed by atoms with Crippen molar-refractivity contribution >= 4 is 22.4 Å². The second-order valence-corrected chi connectivity index (χ2v) is 4.25. The molecule has 6 heteroatoms. The van der Waals surface area contributed by atoms with Gasteiger partial charge in [-0.05, 0) is 25.1 Å². The second kappa shape index (κ2) is 4.64. The van der Waals surface area contributed by atoms with Crippen LogP contribution in [0.15, 0.2) is 29.2 Å². The van der Waals surface area contributed by atoms with Crippen molar-refractivity contribution in [3.63, 3.8) is 0 Å². The third-order valence-electron chi connectivity index (χ3n) is 3.16. The van der Waals surface area contributed by atoms with Crippen molar-refractivity contribution in [2.75, 3.05) is 12.8 Å². The van der Waals surface area contributed by atoms with Gasteiger partial charge >= 0.3 is 0 Å². The van der Waals surface area contributed by atoms with Crippen molar-refractivity contribution < 1.29 is 9.53 Å². The predicted octanol–water partition coefficient (Wildman–Crippen LogP) is 0.639. The number of fused-ring (bicyclic) bond motifs is 1. The van der Waals surface area contributed by atoms with Gasteiger partial charge in [0.2, 0.25) is 5.91 Å². The third kappa shape index (κ3) is 2.01. The minimum absolute atomic E-state index is 0.307. The first-order valence-corrected chi connectivity index (χ1v) is 5.74. The number of anilines is 1. The molecule has 2 aromatic rings. The van der Waals surface area contributed by atoms with Crippen LogP contribution in [0.5, 0.6) is 5.75 Å². The molecule has 6 nitrogen and oxygen atoms in total. The molecule has 100 valence electrons. The Morgan fingerprint density at radius 3 is 2.58 bits per heavy atom. The first kappa shape index (κ1) is 12.9. The van der Waals surface area contributed by atoms with Crippen LogP contribution in [-0.4, -0.2) is 17.6 Å². The number of methoxy groups -OCH3 is 1. The number of ether oxygens (including phenoxy) is 1. The maximum absolute atomic E-state index is 12.3. The summed E-state index contributed by atoms with van der Waals surface area (Å²) in [5.41, 5.74) is 11.2. The van der Waals surface area contributed by atoms with E-state index in [-0.39, 0.29) is 5.56 Å². The summed E-state index contributed by atoms with van der Waals surface area (Å²) in [5, 5.41) is 1.02. The number of nitrogens with two attached hydrogens (primary N) is 2. The van der Waals surface area contributed by atoms with Crippen molar-refractivity contribution in [2.45, 2.75) is 13.0 Å². The lowest BCUT2D eigenvalue weighted by atomic mass is 10.1. The lowest BCUT2D eigenvalue weighted by Crippen LogP contribution is -2.31. The summed E-state index contributed by atoms with van der Waals surface area (Å²) in [7, 11) is 1.51. The van der Waals surface area contributed by atoms with E-state index in [1.165, 1.54) is 17.9 Å². The fourth-order valence-corrected chi connectivity index (χ4v) is 1.96. The molecule has 0 aliphatic heterocycles. The average Bonchev–Trinajstić information content (AvgIpc) is 2.39. The first-order valence-electron chi connectivity index (χ1n) is 5.74. The standard InChI is InChI=1S/C13H15N3O3/c1-7(12(15)17)16-6-5-8-9(13(16)18)3-4-10(19-2)11(8)14/h3-7H,14H2,1-2H3,(H2,15,17)/t7-/m1/s1. The van der Waals surface area contributed by atoms with E-state index in [4.69, 9.17) is 16.2 Å². The van der Waals surface area contributed by atoms with E-state index in [1.807, 2.05) is 0 Å². The molecule has 19 heavy (non-hydrogen) atoms. The number of pyridine rings is 1. The molecule has 0 radical (unpaired) electrons. The summed E-state index contributed by atoms with van der Waals surface area (Å²) < 4.78 is 6.39. The van der Waals surface area contributed by atoms with Gasteiger partial charge in [0.05, 0.1) is 12.8 Å². The van der Waals surface area contributed by atoms with Gasteiger partial charge in [0.25, 0.3) is 5.56 Å². The molecule has 0 saturated carbocycles. The largest absolute Gasteiger partial charge is 0.495 e. The topological polar surface area (TPSA) is 100 Å². The smallest absolute Gasteiger partial charge is 0.259 e. The zero-order valence-electron chi connectivity index (χ0n) is 10.7. The number of nitrogens with zero attached hydrogens (tertiary/aromatic N) is 1. The molecule has 1 aromatic heterocycles. The Labute approximate surface area is 109 Å². The van der Waals surface area contributed by atoms with Crippen molar-refractivity contribution in [1.29, 1.82) is 0 Å². The van der Waals surface area contributed by atoms with Gasteiger partial charge in [0, 0.05) is 17.0 Å². The molecule has 1 atom stereocenters. The lowest BCUT2D eigenvalue weighted by molar-refractivity contribution is -0.120. The zero-order valence-corrected chi connectivity index (χ0v) is 10.7. The molecule has 0 fully saturated rings. The Kier molecular flexibility index (Phi) is 3.16. The Bertz CT molecular complexity index is 706. The number of nitrogen functional groups attached to an aromatic ring is 1. The summed E-state index contributed by atoms with van der Waals surface area (Å²) in [6, 6.07) is 4.21. The molecule has 4 N–H and O–H groups in total. The molecule has 0 aliphatic rings. The highest BCUT2D eigenvalue weighted by Crippen LogP contribution is 2.28. The molecular formula is C13H15N3O3. The van der Waals surface area contributed by atoms with Gasteiger partial charge in [-0.1, -0.05) is 0 Å². The Hall–Kier alpha value is -2.50. The summed E-state index contributed by atoms with van der Waals surface area (Å²) in [5.74, 6) is -0.0597. The van der Waals surface area contributed by atoms with Crippen LogP contribution in [0.25, 0.3) is 10.8 Å². The summed E-state index contributed by atoms with van der Waals surface area (Å²) in [6.45, 7) is 1.57. The maximum atomic E-state index is 12.3. The van der Waals surface area contributed by atoms with Crippen LogP contribution in [0.1, 0.15) is 13.0 Å². The third-order valence-corrected chi connectivity index (χ3v) is 3.16. The van der Waals surface area contributed by atoms with Crippen LogP contribution in [-0.2, 0) is 4.79 Å². The van der Waals surface area contributed by atoms with Crippen molar-refractivity contribution in [2.24, 2.45) is 5.73 Å². The minimum Gasteiger partial charge on any atom is -0.495 e. The van der Waals surface area contributed by atoms with Crippen LogP contribution in [0.4, 0.5) is 5.69 Å². The number of rotatable bonds is 3. The Balaban J connectivity index is 2.74. The van der Waals surface area contributed by atoms with Crippen molar-refractivity contribution in [3.8, 4) is 5.75 Å². The van der Waals surface area contributed by atoms with E-state index in [2.05, 4.69) is 0 Å². The van der Waals surface area contributed by atoms with Crippen LogP contribution in [0, 0.1) is 0 Å². The van der Waals surface area contributed by atoms with Gasteiger partial charge in [-0.25, -0.2) is 0 Å². The molecule has 1 aromatic carbocycles. The highest BCUT2D eigenvalue weighted by molar-refractivity contribution is 5.95. The summed E-state index contributed by atoms with van der Waals surface area (Å²) in [6.07, 6.45) is 1.51. The monoisotopic (exact) mass is 261 g/mol. The number of primary amides is 1. The highest BCUT2D eigenvalue weighted by Gasteiger charge is 2.15. The van der Waals surface area contributed by atoms with Gasteiger partial charge in [-0.15, -0.1) is 0 Å². The molecule has 0 unspecified atom stereocenters. The van der Waals surface area contributed by atoms with Gasteiger partial charge in [-0.3, -0.25) is 9.59 Å². The molecule has 1 heterocycles. The quantitative estimate of drug-likeness (QED) is 0.792. The number of hydrogen-bond donors (Lipinski definition) is 2. The number of benzene rings is 1. The molecule has 0 bridgehead atoms. The second-order valence-electron chi connectivity index (χ2n) is 4.25. The van der Waals surface area contributed by atoms with E-state index in [0.29, 0.717) is 22.2 Å². The summed E-state index contributed by atoms with van der Waals surface area (Å²) >= 11 is 0. The Morgan fingerprint density at radius 1 is 1.32 bits per heavy atom. The van der Waals surface area contributed by atoms with Gasteiger partial charge < -0.3 is 20.8 Å². The minimum atomic E-state index is -0.708.